The lowest BCUT2D eigenvalue weighted by molar-refractivity contribution is -0.121. The fourth-order valence-electron chi connectivity index (χ4n) is 1.31. The van der Waals surface area contributed by atoms with E-state index < -0.39 is 0 Å². The third kappa shape index (κ3) is 7.56. The zero-order valence-corrected chi connectivity index (χ0v) is 9.13. The zero-order chi connectivity index (χ0) is 11.2. The van der Waals surface area contributed by atoms with Crippen molar-refractivity contribution in [2.24, 2.45) is 11.1 Å². The van der Waals surface area contributed by atoms with Crippen molar-refractivity contribution in [3.05, 3.63) is 0 Å². The molecule has 0 rings (SSSR count). The Hall–Kier alpha value is -1.08. The molecule has 0 saturated carbocycles. The molecule has 1 amide bonds. The Labute approximate surface area is 85.5 Å². The molecule has 0 spiro atoms. The van der Waals surface area contributed by atoms with Crippen molar-refractivity contribution >= 4 is 5.91 Å². The summed E-state index contributed by atoms with van der Waals surface area (Å²) in [6.45, 7) is 6.31. The Balaban J connectivity index is 3.78. The van der Waals surface area contributed by atoms with Crippen LogP contribution in [0, 0.1) is 16.7 Å². The maximum absolute atomic E-state index is 11.2. The second-order valence-electron chi connectivity index (χ2n) is 4.66. The van der Waals surface area contributed by atoms with Crippen molar-refractivity contribution in [3.8, 4) is 6.07 Å². The number of nitrogens with two attached hydrogens (primary N) is 1. The summed E-state index contributed by atoms with van der Waals surface area (Å²) in [6, 6.07) is 1.72. The number of carbonyl (C=O) groups is 1. The van der Waals surface area contributed by atoms with Gasteiger partial charge in [0.2, 0.25) is 5.91 Å². The van der Waals surface area contributed by atoms with Crippen molar-refractivity contribution in [1.82, 2.24) is 5.32 Å². The highest BCUT2D eigenvalue weighted by atomic mass is 16.1. The maximum Gasteiger partial charge on any atom is 0.222 e. The summed E-state index contributed by atoms with van der Waals surface area (Å²) in [7, 11) is 0. The number of nitrogens with one attached hydrogen (secondary N) is 1. The van der Waals surface area contributed by atoms with Gasteiger partial charge in [0.05, 0.1) is 6.07 Å². The Morgan fingerprint density at radius 3 is 2.57 bits per heavy atom. The first kappa shape index (κ1) is 12.9. The summed E-state index contributed by atoms with van der Waals surface area (Å²) in [5.74, 6) is -0.150. The average Bonchev–Trinajstić information content (AvgIpc) is 1.96. The van der Waals surface area contributed by atoms with Gasteiger partial charge in [0.25, 0.3) is 0 Å². The summed E-state index contributed by atoms with van der Waals surface area (Å²) in [5.41, 5.74) is 5.92. The van der Waals surface area contributed by atoms with E-state index >= 15 is 0 Å². The van der Waals surface area contributed by atoms with Gasteiger partial charge in [-0.3, -0.25) is 4.79 Å². The molecule has 0 saturated heterocycles. The summed E-state index contributed by atoms with van der Waals surface area (Å²) in [5, 5.41) is 10.7. The molecule has 4 nitrogen and oxygen atoms in total. The van der Waals surface area contributed by atoms with Crippen LogP contribution in [0.1, 0.15) is 33.6 Å². The lowest BCUT2D eigenvalue weighted by atomic mass is 9.87. The van der Waals surface area contributed by atoms with Crippen LogP contribution in [0.2, 0.25) is 0 Å². The molecule has 0 bridgehead atoms. The predicted molar refractivity (Wildman–Crippen MR) is 55.3 cm³/mol. The Morgan fingerprint density at radius 1 is 1.57 bits per heavy atom. The minimum Gasteiger partial charge on any atom is -0.343 e. The summed E-state index contributed by atoms with van der Waals surface area (Å²) in [6.07, 6.45) is 1.09. The van der Waals surface area contributed by atoms with Gasteiger partial charge in [-0.05, 0) is 11.8 Å². The van der Waals surface area contributed by atoms with Crippen LogP contribution in [-0.2, 0) is 4.79 Å². The van der Waals surface area contributed by atoms with Gasteiger partial charge in [-0.25, -0.2) is 0 Å². The minimum atomic E-state index is -0.150. The number of amides is 1. The molecule has 1 atom stereocenters. The number of carbonyl (C=O) groups excluding carboxylic acids is 1. The van der Waals surface area contributed by atoms with Gasteiger partial charge in [-0.2, -0.15) is 5.26 Å². The first-order valence-corrected chi connectivity index (χ1v) is 4.74. The molecule has 0 radical (unpaired) electrons. The standard InChI is InChI=1S/C10H19N3O/c1-10(2,3)7-8(12)6-9(14)13-5-4-11/h8H,5-7,12H2,1-3H3,(H,13,14). The molecule has 14 heavy (non-hydrogen) atoms. The van der Waals surface area contributed by atoms with E-state index in [2.05, 4.69) is 26.1 Å². The maximum atomic E-state index is 11.2. The monoisotopic (exact) mass is 197 g/mol. The van der Waals surface area contributed by atoms with E-state index in [0.29, 0.717) is 6.42 Å². The van der Waals surface area contributed by atoms with Crippen LogP contribution in [0.4, 0.5) is 0 Å². The van der Waals surface area contributed by atoms with Gasteiger partial charge in [0.1, 0.15) is 6.54 Å². The van der Waals surface area contributed by atoms with Crippen LogP contribution in [-0.4, -0.2) is 18.5 Å². The highest BCUT2D eigenvalue weighted by molar-refractivity contribution is 5.76. The first-order chi connectivity index (χ1) is 6.35. The largest absolute Gasteiger partial charge is 0.343 e. The van der Waals surface area contributed by atoms with E-state index in [1.807, 2.05) is 6.07 Å². The molecule has 0 fully saturated rings. The van der Waals surface area contributed by atoms with Crippen LogP contribution in [0.3, 0.4) is 0 Å². The molecule has 80 valence electrons. The normalized spacial score (nSPS) is 13.1. The van der Waals surface area contributed by atoms with Gasteiger partial charge in [-0.1, -0.05) is 20.8 Å². The third-order valence-electron chi connectivity index (χ3n) is 1.69. The van der Waals surface area contributed by atoms with Crippen molar-refractivity contribution in [2.45, 2.75) is 39.7 Å². The van der Waals surface area contributed by atoms with E-state index in [4.69, 9.17) is 11.0 Å². The van der Waals surface area contributed by atoms with Gasteiger partial charge in [-0.15, -0.1) is 0 Å². The van der Waals surface area contributed by atoms with Gasteiger partial charge in [0, 0.05) is 12.5 Å². The lowest BCUT2D eigenvalue weighted by Gasteiger charge is -2.22. The van der Waals surface area contributed by atoms with E-state index in [0.717, 1.165) is 6.42 Å². The molecule has 0 aliphatic heterocycles. The fraction of sp³-hybridized carbons (Fsp3) is 0.800. The molecule has 1 unspecified atom stereocenters. The highest BCUT2D eigenvalue weighted by Crippen LogP contribution is 2.20. The Morgan fingerprint density at radius 2 is 2.14 bits per heavy atom. The molecule has 3 N–H and O–H groups in total. The molecule has 0 heterocycles. The average molecular weight is 197 g/mol. The Bertz CT molecular complexity index is 225. The summed E-state index contributed by atoms with van der Waals surface area (Å²) >= 11 is 0. The SMILES string of the molecule is CC(C)(C)CC(N)CC(=O)NCC#N. The van der Waals surface area contributed by atoms with Crippen molar-refractivity contribution in [2.75, 3.05) is 6.54 Å². The number of nitriles is 1. The fourth-order valence-corrected chi connectivity index (χ4v) is 1.31. The molecular formula is C10H19N3O. The lowest BCUT2D eigenvalue weighted by Crippen LogP contribution is -2.34. The number of hydrogen-bond donors (Lipinski definition) is 2. The van der Waals surface area contributed by atoms with Crippen LogP contribution in [0.25, 0.3) is 0 Å². The molecular weight excluding hydrogens is 178 g/mol. The Kier molecular flexibility index (Phi) is 5.18. The highest BCUT2D eigenvalue weighted by Gasteiger charge is 2.17. The molecule has 0 aliphatic carbocycles. The van der Waals surface area contributed by atoms with Gasteiger partial charge < -0.3 is 11.1 Å². The van der Waals surface area contributed by atoms with Crippen LogP contribution in [0.15, 0.2) is 0 Å². The third-order valence-corrected chi connectivity index (χ3v) is 1.69. The second kappa shape index (κ2) is 5.61. The van der Waals surface area contributed by atoms with Crippen molar-refractivity contribution in [3.63, 3.8) is 0 Å². The van der Waals surface area contributed by atoms with E-state index in [1.54, 1.807) is 0 Å². The number of rotatable bonds is 4. The summed E-state index contributed by atoms with van der Waals surface area (Å²) in [4.78, 5) is 11.2. The molecule has 0 aromatic rings. The molecule has 0 aromatic carbocycles. The van der Waals surface area contributed by atoms with Gasteiger partial charge >= 0.3 is 0 Å². The van der Waals surface area contributed by atoms with Crippen LogP contribution in [0.5, 0.6) is 0 Å². The summed E-state index contributed by atoms with van der Waals surface area (Å²) < 4.78 is 0. The van der Waals surface area contributed by atoms with E-state index in [1.165, 1.54) is 0 Å². The first-order valence-electron chi connectivity index (χ1n) is 4.74. The van der Waals surface area contributed by atoms with E-state index in [-0.39, 0.29) is 23.9 Å². The number of hydrogen-bond acceptors (Lipinski definition) is 3. The van der Waals surface area contributed by atoms with Crippen molar-refractivity contribution in [1.29, 1.82) is 5.26 Å². The van der Waals surface area contributed by atoms with E-state index in [9.17, 15) is 4.79 Å². The van der Waals surface area contributed by atoms with Crippen LogP contribution < -0.4 is 11.1 Å². The van der Waals surface area contributed by atoms with Crippen molar-refractivity contribution < 1.29 is 4.79 Å². The molecule has 0 aromatic heterocycles. The smallest absolute Gasteiger partial charge is 0.222 e. The molecule has 4 heteroatoms. The topological polar surface area (TPSA) is 78.9 Å². The second-order valence-corrected chi connectivity index (χ2v) is 4.66. The van der Waals surface area contributed by atoms with Crippen LogP contribution >= 0.6 is 0 Å². The number of nitrogens with zero attached hydrogens (tertiary/aromatic N) is 1. The quantitative estimate of drug-likeness (QED) is 0.654. The van der Waals surface area contributed by atoms with Gasteiger partial charge in [0.15, 0.2) is 0 Å². The zero-order valence-electron chi connectivity index (χ0n) is 9.13. The minimum absolute atomic E-state index is 0.0566. The molecule has 0 aliphatic rings. The predicted octanol–water partition coefficient (Wildman–Crippen LogP) is 0.780.